The molecule has 104 valence electrons. The average Bonchev–Trinajstić information content (AvgIpc) is 2.49. The number of rotatable bonds is 2. The number of nitrogens with zero attached hydrogens (tertiary/aromatic N) is 2. The third kappa shape index (κ3) is 2.84. The molecule has 1 aromatic heterocycles. The highest BCUT2D eigenvalue weighted by molar-refractivity contribution is 5.08. The van der Waals surface area contributed by atoms with Crippen molar-refractivity contribution < 1.29 is 0 Å². The minimum atomic E-state index is 0.474. The van der Waals surface area contributed by atoms with E-state index in [0.29, 0.717) is 11.5 Å². The summed E-state index contributed by atoms with van der Waals surface area (Å²) in [5.41, 5.74) is 1.93. The fraction of sp³-hybridized carbons (Fsp3) is 0.706. The molecule has 1 saturated heterocycles. The summed E-state index contributed by atoms with van der Waals surface area (Å²) in [5, 5.41) is 0. The smallest absolute Gasteiger partial charge is 0.0572 e. The number of piperidine rings is 1. The van der Waals surface area contributed by atoms with Gasteiger partial charge in [0.25, 0.3) is 0 Å². The highest BCUT2D eigenvalue weighted by atomic mass is 15.2. The summed E-state index contributed by atoms with van der Waals surface area (Å²) in [7, 11) is 0. The van der Waals surface area contributed by atoms with Crippen LogP contribution in [0.4, 0.5) is 0 Å². The van der Waals surface area contributed by atoms with E-state index in [9.17, 15) is 0 Å². The monoisotopic (exact) mass is 258 g/mol. The average molecular weight is 258 g/mol. The molecule has 0 N–H and O–H groups in total. The Morgan fingerprint density at radius 3 is 2.42 bits per heavy atom. The molecule has 0 radical (unpaired) electrons. The molecule has 1 aromatic rings. The molecule has 1 aliphatic heterocycles. The molecule has 2 fully saturated rings. The van der Waals surface area contributed by atoms with Crippen LogP contribution in [0.15, 0.2) is 24.4 Å². The molecule has 0 bridgehead atoms. The zero-order valence-corrected chi connectivity index (χ0v) is 12.1. The molecule has 3 rings (SSSR count). The Balaban J connectivity index is 1.60. The SMILES string of the molecule is CC(c1ccccn1)N1CCC2(CCCCC2)CC1. The van der Waals surface area contributed by atoms with Crippen LogP contribution in [0.25, 0.3) is 0 Å². The molecule has 0 aromatic carbocycles. The Hall–Kier alpha value is -0.890. The van der Waals surface area contributed by atoms with E-state index in [1.54, 1.807) is 0 Å². The molecule has 19 heavy (non-hydrogen) atoms. The second-order valence-electron chi connectivity index (χ2n) is 6.53. The van der Waals surface area contributed by atoms with E-state index in [0.717, 1.165) is 0 Å². The molecule has 2 heterocycles. The van der Waals surface area contributed by atoms with Gasteiger partial charge in [-0.2, -0.15) is 0 Å². The molecule has 1 saturated carbocycles. The van der Waals surface area contributed by atoms with Gasteiger partial charge in [0.05, 0.1) is 5.69 Å². The van der Waals surface area contributed by atoms with Crippen molar-refractivity contribution in [3.05, 3.63) is 30.1 Å². The summed E-state index contributed by atoms with van der Waals surface area (Å²) in [6.45, 7) is 4.83. The highest BCUT2D eigenvalue weighted by Crippen LogP contribution is 2.45. The van der Waals surface area contributed by atoms with Gasteiger partial charge < -0.3 is 0 Å². The van der Waals surface area contributed by atoms with Crippen LogP contribution in [0.3, 0.4) is 0 Å². The van der Waals surface area contributed by atoms with Crippen LogP contribution in [-0.4, -0.2) is 23.0 Å². The van der Waals surface area contributed by atoms with Crippen LogP contribution in [0.1, 0.15) is 63.6 Å². The predicted molar refractivity (Wildman–Crippen MR) is 79.0 cm³/mol. The third-order valence-corrected chi connectivity index (χ3v) is 5.44. The quantitative estimate of drug-likeness (QED) is 0.790. The largest absolute Gasteiger partial charge is 0.295 e. The second kappa shape index (κ2) is 5.62. The van der Waals surface area contributed by atoms with Gasteiger partial charge in [-0.05, 0) is 63.2 Å². The zero-order chi connectivity index (χ0) is 13.1. The number of hydrogen-bond acceptors (Lipinski definition) is 2. The summed E-state index contributed by atoms with van der Waals surface area (Å²) >= 11 is 0. The highest BCUT2D eigenvalue weighted by Gasteiger charge is 2.36. The van der Waals surface area contributed by atoms with E-state index < -0.39 is 0 Å². The first-order valence-electron chi connectivity index (χ1n) is 7.94. The lowest BCUT2D eigenvalue weighted by atomic mass is 9.68. The molecule has 2 aliphatic rings. The van der Waals surface area contributed by atoms with Gasteiger partial charge in [-0.25, -0.2) is 0 Å². The zero-order valence-electron chi connectivity index (χ0n) is 12.1. The summed E-state index contributed by atoms with van der Waals surface area (Å²) in [6.07, 6.45) is 12.1. The fourth-order valence-corrected chi connectivity index (χ4v) is 4.00. The maximum atomic E-state index is 4.52. The molecule has 1 aliphatic carbocycles. The van der Waals surface area contributed by atoms with Gasteiger partial charge in [0, 0.05) is 12.2 Å². The van der Waals surface area contributed by atoms with Crippen molar-refractivity contribution >= 4 is 0 Å². The standard InChI is InChI=1S/C17H26N2/c1-15(16-7-3-6-12-18-16)19-13-10-17(11-14-19)8-4-2-5-9-17/h3,6-7,12,15H,2,4-5,8-11,13-14H2,1H3. The maximum absolute atomic E-state index is 4.52. The Bertz CT molecular complexity index is 385. The molecule has 0 amide bonds. The lowest BCUT2D eigenvalue weighted by Gasteiger charge is -2.45. The van der Waals surface area contributed by atoms with Crippen molar-refractivity contribution in [3.8, 4) is 0 Å². The van der Waals surface area contributed by atoms with Gasteiger partial charge in [0.2, 0.25) is 0 Å². The fourth-order valence-electron chi connectivity index (χ4n) is 4.00. The van der Waals surface area contributed by atoms with Crippen molar-refractivity contribution in [1.29, 1.82) is 0 Å². The minimum Gasteiger partial charge on any atom is -0.295 e. The number of hydrogen-bond donors (Lipinski definition) is 0. The van der Waals surface area contributed by atoms with E-state index in [-0.39, 0.29) is 0 Å². The van der Waals surface area contributed by atoms with Crippen molar-refractivity contribution in [2.24, 2.45) is 5.41 Å². The summed E-state index contributed by atoms with van der Waals surface area (Å²) in [5.74, 6) is 0. The maximum Gasteiger partial charge on any atom is 0.0572 e. The van der Waals surface area contributed by atoms with E-state index >= 15 is 0 Å². The van der Waals surface area contributed by atoms with Gasteiger partial charge in [-0.15, -0.1) is 0 Å². The van der Waals surface area contributed by atoms with Crippen LogP contribution in [0.2, 0.25) is 0 Å². The number of pyridine rings is 1. The van der Waals surface area contributed by atoms with E-state index in [4.69, 9.17) is 0 Å². The lowest BCUT2D eigenvalue weighted by molar-refractivity contribution is 0.0478. The Labute approximate surface area is 117 Å². The number of aromatic nitrogens is 1. The van der Waals surface area contributed by atoms with E-state index in [1.165, 1.54) is 63.7 Å². The van der Waals surface area contributed by atoms with Gasteiger partial charge in [-0.1, -0.05) is 25.3 Å². The minimum absolute atomic E-state index is 0.474. The van der Waals surface area contributed by atoms with Crippen molar-refractivity contribution in [3.63, 3.8) is 0 Å². The van der Waals surface area contributed by atoms with Crippen LogP contribution in [0, 0.1) is 5.41 Å². The molecule has 2 heteroatoms. The predicted octanol–water partition coefficient (Wildman–Crippen LogP) is 4.19. The van der Waals surface area contributed by atoms with Crippen LogP contribution >= 0.6 is 0 Å². The van der Waals surface area contributed by atoms with Gasteiger partial charge in [-0.3, -0.25) is 9.88 Å². The first-order chi connectivity index (χ1) is 9.29. The number of likely N-dealkylation sites (tertiary alicyclic amines) is 1. The molecule has 2 nitrogen and oxygen atoms in total. The summed E-state index contributed by atoms with van der Waals surface area (Å²) < 4.78 is 0. The van der Waals surface area contributed by atoms with E-state index in [1.807, 2.05) is 12.3 Å². The molecular formula is C17H26N2. The summed E-state index contributed by atoms with van der Waals surface area (Å²) in [6, 6.07) is 6.74. The molecule has 1 unspecified atom stereocenters. The molecule has 1 atom stereocenters. The Morgan fingerprint density at radius 1 is 1.05 bits per heavy atom. The van der Waals surface area contributed by atoms with Crippen molar-refractivity contribution in [2.45, 2.75) is 57.9 Å². The van der Waals surface area contributed by atoms with Gasteiger partial charge >= 0.3 is 0 Å². The van der Waals surface area contributed by atoms with Crippen molar-refractivity contribution in [2.75, 3.05) is 13.1 Å². The Kier molecular flexibility index (Phi) is 3.88. The summed E-state index contributed by atoms with van der Waals surface area (Å²) in [4.78, 5) is 7.14. The molecular weight excluding hydrogens is 232 g/mol. The lowest BCUT2D eigenvalue weighted by Crippen LogP contribution is -2.42. The van der Waals surface area contributed by atoms with Gasteiger partial charge in [0.1, 0.15) is 0 Å². The topological polar surface area (TPSA) is 16.1 Å². The Morgan fingerprint density at radius 2 is 1.79 bits per heavy atom. The van der Waals surface area contributed by atoms with Gasteiger partial charge in [0.15, 0.2) is 0 Å². The first-order valence-corrected chi connectivity index (χ1v) is 7.94. The van der Waals surface area contributed by atoms with Crippen molar-refractivity contribution in [1.82, 2.24) is 9.88 Å². The normalized spacial score (nSPS) is 25.3. The van der Waals surface area contributed by atoms with Crippen LogP contribution in [0.5, 0.6) is 0 Å². The third-order valence-electron chi connectivity index (χ3n) is 5.44. The van der Waals surface area contributed by atoms with Crippen LogP contribution < -0.4 is 0 Å². The molecule has 1 spiro atoms. The van der Waals surface area contributed by atoms with Crippen LogP contribution in [-0.2, 0) is 0 Å². The van der Waals surface area contributed by atoms with E-state index in [2.05, 4.69) is 28.9 Å². The second-order valence-corrected chi connectivity index (χ2v) is 6.53. The first kappa shape index (κ1) is 13.1.